The van der Waals surface area contributed by atoms with Crippen molar-refractivity contribution in [2.75, 3.05) is 6.54 Å². The van der Waals surface area contributed by atoms with Crippen LogP contribution in [0.2, 0.25) is 0 Å². The lowest BCUT2D eigenvalue weighted by Crippen LogP contribution is -2.39. The second kappa shape index (κ2) is 5.62. The predicted molar refractivity (Wildman–Crippen MR) is 77.9 cm³/mol. The van der Waals surface area contributed by atoms with Gasteiger partial charge < -0.3 is 10.3 Å². The fourth-order valence-electron chi connectivity index (χ4n) is 2.28. The van der Waals surface area contributed by atoms with E-state index in [2.05, 4.69) is 4.98 Å². The van der Waals surface area contributed by atoms with E-state index >= 15 is 0 Å². The lowest BCUT2D eigenvalue weighted by atomic mass is 10.2. The molecule has 1 atom stereocenters. The molecule has 7 heteroatoms. The molecule has 0 aliphatic carbocycles. The summed E-state index contributed by atoms with van der Waals surface area (Å²) in [4.78, 5) is 28.9. The molecular weight excluding hydrogens is 258 g/mol. The van der Waals surface area contributed by atoms with Crippen molar-refractivity contribution >= 4 is 11.2 Å². The molecule has 0 aliphatic rings. The zero-order valence-corrected chi connectivity index (χ0v) is 12.2. The largest absolute Gasteiger partial charge is 0.332 e. The third-order valence-electron chi connectivity index (χ3n) is 3.68. The maximum atomic E-state index is 12.3. The quantitative estimate of drug-likeness (QED) is 0.848. The van der Waals surface area contributed by atoms with Crippen molar-refractivity contribution in [1.29, 1.82) is 0 Å². The van der Waals surface area contributed by atoms with E-state index in [9.17, 15) is 9.59 Å². The summed E-state index contributed by atoms with van der Waals surface area (Å²) in [6, 6.07) is -0.00495. The highest BCUT2D eigenvalue weighted by Crippen LogP contribution is 2.14. The molecule has 0 saturated carbocycles. The number of rotatable bonds is 5. The topological polar surface area (TPSA) is 87.8 Å². The molecule has 0 aromatic carbocycles. The van der Waals surface area contributed by atoms with Crippen molar-refractivity contribution < 1.29 is 0 Å². The SMILES string of the molecule is CCC(C)n1c(=O)n(C)c(=O)c2c1ncn2CCCN. The molecule has 2 rings (SSSR count). The van der Waals surface area contributed by atoms with Gasteiger partial charge in [-0.05, 0) is 26.3 Å². The van der Waals surface area contributed by atoms with E-state index in [-0.39, 0.29) is 17.3 Å². The summed E-state index contributed by atoms with van der Waals surface area (Å²) in [5.74, 6) is 0. The molecule has 20 heavy (non-hydrogen) atoms. The Kier molecular flexibility index (Phi) is 4.08. The monoisotopic (exact) mass is 279 g/mol. The lowest BCUT2D eigenvalue weighted by molar-refractivity contribution is 0.499. The van der Waals surface area contributed by atoms with Gasteiger partial charge in [0, 0.05) is 19.6 Å². The molecule has 110 valence electrons. The lowest BCUT2D eigenvalue weighted by Gasteiger charge is -2.15. The standard InChI is InChI=1S/C13H21N5O2/c1-4-9(2)18-11-10(12(19)16(3)13(18)20)17(8-15-11)7-5-6-14/h8-9H,4-7,14H2,1-3H3. The number of aromatic nitrogens is 4. The first kappa shape index (κ1) is 14.5. The van der Waals surface area contributed by atoms with E-state index in [1.165, 1.54) is 7.05 Å². The minimum absolute atomic E-state index is 0.00495. The maximum Gasteiger partial charge on any atom is 0.332 e. The molecule has 2 N–H and O–H groups in total. The number of nitrogens with two attached hydrogens (primary N) is 1. The summed E-state index contributed by atoms with van der Waals surface area (Å²) >= 11 is 0. The van der Waals surface area contributed by atoms with Crippen LogP contribution in [0.15, 0.2) is 15.9 Å². The Morgan fingerprint density at radius 1 is 1.40 bits per heavy atom. The second-order valence-corrected chi connectivity index (χ2v) is 5.03. The summed E-state index contributed by atoms with van der Waals surface area (Å²) < 4.78 is 4.52. The Labute approximate surface area is 116 Å². The van der Waals surface area contributed by atoms with Gasteiger partial charge in [0.2, 0.25) is 0 Å². The smallest absolute Gasteiger partial charge is 0.330 e. The first-order valence-corrected chi connectivity index (χ1v) is 6.89. The second-order valence-electron chi connectivity index (χ2n) is 5.03. The zero-order valence-electron chi connectivity index (χ0n) is 12.2. The predicted octanol–water partition coefficient (Wildman–Crippen LogP) is 0.217. The van der Waals surface area contributed by atoms with Crippen LogP contribution >= 0.6 is 0 Å². The third-order valence-corrected chi connectivity index (χ3v) is 3.68. The summed E-state index contributed by atoms with van der Waals surface area (Å²) in [5, 5.41) is 0. The Morgan fingerprint density at radius 3 is 2.70 bits per heavy atom. The van der Waals surface area contributed by atoms with E-state index in [1.807, 2.05) is 13.8 Å². The number of hydrogen-bond acceptors (Lipinski definition) is 4. The number of hydrogen-bond donors (Lipinski definition) is 1. The Morgan fingerprint density at radius 2 is 2.10 bits per heavy atom. The van der Waals surface area contributed by atoms with E-state index in [1.54, 1.807) is 15.5 Å². The van der Waals surface area contributed by atoms with E-state index in [4.69, 9.17) is 5.73 Å². The van der Waals surface area contributed by atoms with E-state index in [0.29, 0.717) is 24.3 Å². The van der Waals surface area contributed by atoms with Crippen LogP contribution in [-0.2, 0) is 13.6 Å². The molecule has 0 spiro atoms. The van der Waals surface area contributed by atoms with E-state index < -0.39 is 0 Å². The van der Waals surface area contributed by atoms with Gasteiger partial charge in [-0.3, -0.25) is 13.9 Å². The number of imidazole rings is 1. The molecule has 0 saturated heterocycles. The molecule has 0 bridgehead atoms. The zero-order chi connectivity index (χ0) is 14.9. The van der Waals surface area contributed by atoms with Crippen LogP contribution in [0.5, 0.6) is 0 Å². The molecule has 0 aliphatic heterocycles. The molecule has 1 unspecified atom stereocenters. The van der Waals surface area contributed by atoms with E-state index in [0.717, 1.165) is 17.4 Å². The molecule has 2 aromatic rings. The van der Waals surface area contributed by atoms with Gasteiger partial charge in [-0.15, -0.1) is 0 Å². The maximum absolute atomic E-state index is 12.3. The number of aryl methyl sites for hydroxylation is 1. The van der Waals surface area contributed by atoms with Gasteiger partial charge in [0.05, 0.1) is 6.33 Å². The van der Waals surface area contributed by atoms with Crippen LogP contribution < -0.4 is 17.0 Å². The summed E-state index contributed by atoms with van der Waals surface area (Å²) in [5.41, 5.74) is 5.82. The molecule has 2 heterocycles. The Hall–Kier alpha value is -1.89. The minimum atomic E-state index is -0.319. The van der Waals surface area contributed by atoms with Gasteiger partial charge in [-0.25, -0.2) is 9.78 Å². The number of nitrogens with zero attached hydrogens (tertiary/aromatic N) is 4. The van der Waals surface area contributed by atoms with Gasteiger partial charge in [-0.1, -0.05) is 6.92 Å². The highest BCUT2D eigenvalue weighted by Gasteiger charge is 2.18. The summed E-state index contributed by atoms with van der Waals surface area (Å²) in [7, 11) is 1.50. The fraction of sp³-hybridized carbons (Fsp3) is 0.615. The highest BCUT2D eigenvalue weighted by atomic mass is 16.2. The fourth-order valence-corrected chi connectivity index (χ4v) is 2.28. The van der Waals surface area contributed by atoms with Crippen molar-refractivity contribution in [3.8, 4) is 0 Å². The molecule has 2 aromatic heterocycles. The Balaban J connectivity index is 2.78. The van der Waals surface area contributed by atoms with Crippen LogP contribution in [-0.4, -0.2) is 25.2 Å². The van der Waals surface area contributed by atoms with Crippen LogP contribution in [0.4, 0.5) is 0 Å². The summed E-state index contributed by atoms with van der Waals surface area (Å²) in [6.45, 7) is 5.12. The molecule has 0 radical (unpaired) electrons. The molecule has 0 amide bonds. The Bertz CT molecular complexity index is 725. The first-order chi connectivity index (χ1) is 9.52. The van der Waals surface area contributed by atoms with Crippen LogP contribution in [0, 0.1) is 0 Å². The van der Waals surface area contributed by atoms with Gasteiger partial charge >= 0.3 is 5.69 Å². The average molecular weight is 279 g/mol. The van der Waals surface area contributed by atoms with Crippen LogP contribution in [0.3, 0.4) is 0 Å². The highest BCUT2D eigenvalue weighted by molar-refractivity contribution is 5.70. The van der Waals surface area contributed by atoms with Gasteiger partial charge in [0.25, 0.3) is 5.56 Å². The number of fused-ring (bicyclic) bond motifs is 1. The van der Waals surface area contributed by atoms with Crippen LogP contribution in [0.25, 0.3) is 11.2 Å². The van der Waals surface area contributed by atoms with Crippen molar-refractivity contribution in [2.24, 2.45) is 12.8 Å². The molecule has 0 fully saturated rings. The third kappa shape index (κ3) is 2.18. The van der Waals surface area contributed by atoms with Crippen molar-refractivity contribution in [1.82, 2.24) is 18.7 Å². The van der Waals surface area contributed by atoms with Gasteiger partial charge in [0.1, 0.15) is 0 Å². The van der Waals surface area contributed by atoms with Gasteiger partial charge in [-0.2, -0.15) is 0 Å². The minimum Gasteiger partial charge on any atom is -0.330 e. The molecule has 7 nitrogen and oxygen atoms in total. The van der Waals surface area contributed by atoms with Crippen molar-refractivity contribution in [3.05, 3.63) is 27.2 Å². The van der Waals surface area contributed by atoms with Crippen LogP contribution in [0.1, 0.15) is 32.7 Å². The normalized spacial score (nSPS) is 13.0. The van der Waals surface area contributed by atoms with Gasteiger partial charge in [0.15, 0.2) is 11.2 Å². The first-order valence-electron chi connectivity index (χ1n) is 6.89. The van der Waals surface area contributed by atoms with Crippen molar-refractivity contribution in [3.63, 3.8) is 0 Å². The van der Waals surface area contributed by atoms with Crippen molar-refractivity contribution in [2.45, 2.75) is 39.3 Å². The average Bonchev–Trinajstić information content (AvgIpc) is 2.86. The summed E-state index contributed by atoms with van der Waals surface area (Å²) in [6.07, 6.45) is 3.17. The molecular formula is C13H21N5O2.